The number of fused-ring (bicyclic) bond motifs is 1. The molecule has 0 atom stereocenters. The van der Waals surface area contributed by atoms with Crippen molar-refractivity contribution in [2.45, 2.75) is 46.2 Å². The van der Waals surface area contributed by atoms with Crippen molar-refractivity contribution in [3.05, 3.63) is 26.7 Å². The van der Waals surface area contributed by atoms with Gasteiger partial charge in [0.15, 0.2) is 11.2 Å². The highest BCUT2D eigenvalue weighted by molar-refractivity contribution is 5.74. The molecule has 0 saturated carbocycles. The number of nitrogens with zero attached hydrogens (tertiary/aromatic N) is 4. The average molecular weight is 308 g/mol. The monoisotopic (exact) mass is 308 g/mol. The number of rotatable bonds is 6. The second-order valence-electron chi connectivity index (χ2n) is 5.17. The van der Waals surface area contributed by atoms with Crippen molar-refractivity contribution in [1.29, 1.82) is 0 Å². The molecule has 0 fully saturated rings. The SMILES string of the molecule is CCCCn1c(=O)n(C)c(=O)c2c1nc(CC(=O)O)n2CC. The van der Waals surface area contributed by atoms with Crippen LogP contribution in [0.3, 0.4) is 0 Å². The first-order chi connectivity index (χ1) is 10.4. The van der Waals surface area contributed by atoms with Crippen LogP contribution in [0.5, 0.6) is 0 Å². The zero-order valence-corrected chi connectivity index (χ0v) is 13.0. The molecule has 8 heteroatoms. The van der Waals surface area contributed by atoms with Gasteiger partial charge in [-0.3, -0.25) is 18.7 Å². The van der Waals surface area contributed by atoms with E-state index in [1.54, 1.807) is 4.57 Å². The number of aromatic nitrogens is 4. The number of aliphatic carboxylic acids is 1. The summed E-state index contributed by atoms with van der Waals surface area (Å²) in [5.74, 6) is -0.734. The number of hydrogen-bond donors (Lipinski definition) is 1. The molecular weight excluding hydrogens is 288 g/mol. The molecule has 0 aliphatic heterocycles. The lowest BCUT2D eigenvalue weighted by Gasteiger charge is -2.09. The molecule has 8 nitrogen and oxygen atoms in total. The van der Waals surface area contributed by atoms with E-state index in [2.05, 4.69) is 4.98 Å². The average Bonchev–Trinajstić information content (AvgIpc) is 2.82. The smallest absolute Gasteiger partial charge is 0.332 e. The fourth-order valence-corrected chi connectivity index (χ4v) is 2.53. The van der Waals surface area contributed by atoms with E-state index in [9.17, 15) is 14.4 Å². The third-order valence-electron chi connectivity index (χ3n) is 3.67. The topological polar surface area (TPSA) is 99.1 Å². The second-order valence-corrected chi connectivity index (χ2v) is 5.17. The maximum Gasteiger partial charge on any atom is 0.332 e. The first-order valence-electron chi connectivity index (χ1n) is 7.33. The molecule has 120 valence electrons. The molecule has 0 bridgehead atoms. The van der Waals surface area contributed by atoms with E-state index in [1.165, 1.54) is 11.6 Å². The summed E-state index contributed by atoms with van der Waals surface area (Å²) in [5.41, 5.74) is -0.302. The summed E-state index contributed by atoms with van der Waals surface area (Å²) in [4.78, 5) is 40.0. The third-order valence-corrected chi connectivity index (χ3v) is 3.67. The summed E-state index contributed by atoms with van der Waals surface area (Å²) in [6.07, 6.45) is 1.39. The molecule has 0 radical (unpaired) electrons. The Kier molecular flexibility index (Phi) is 4.48. The maximum atomic E-state index is 12.4. The van der Waals surface area contributed by atoms with Crippen molar-refractivity contribution in [2.75, 3.05) is 0 Å². The van der Waals surface area contributed by atoms with Crippen molar-refractivity contribution in [1.82, 2.24) is 18.7 Å². The van der Waals surface area contributed by atoms with Crippen molar-refractivity contribution in [2.24, 2.45) is 7.05 Å². The van der Waals surface area contributed by atoms with Gasteiger partial charge in [0.1, 0.15) is 12.2 Å². The summed E-state index contributed by atoms with van der Waals surface area (Å²) in [7, 11) is 1.43. The summed E-state index contributed by atoms with van der Waals surface area (Å²) in [6.45, 7) is 4.69. The normalized spacial score (nSPS) is 11.2. The number of unbranched alkanes of at least 4 members (excludes halogenated alkanes) is 1. The lowest BCUT2D eigenvalue weighted by molar-refractivity contribution is -0.136. The van der Waals surface area contributed by atoms with Crippen molar-refractivity contribution < 1.29 is 9.90 Å². The van der Waals surface area contributed by atoms with Gasteiger partial charge in [0.25, 0.3) is 5.56 Å². The van der Waals surface area contributed by atoms with Crippen LogP contribution in [-0.4, -0.2) is 29.8 Å². The van der Waals surface area contributed by atoms with Gasteiger partial charge >= 0.3 is 11.7 Å². The Hall–Kier alpha value is -2.38. The number of hydrogen-bond acceptors (Lipinski definition) is 4. The van der Waals surface area contributed by atoms with E-state index < -0.39 is 17.2 Å². The lowest BCUT2D eigenvalue weighted by atomic mass is 10.3. The zero-order valence-electron chi connectivity index (χ0n) is 13.0. The van der Waals surface area contributed by atoms with E-state index in [1.807, 2.05) is 13.8 Å². The molecule has 0 unspecified atom stereocenters. The first-order valence-corrected chi connectivity index (χ1v) is 7.33. The quantitative estimate of drug-likeness (QED) is 0.830. The highest BCUT2D eigenvalue weighted by Gasteiger charge is 2.20. The summed E-state index contributed by atoms with van der Waals surface area (Å²) < 4.78 is 4.09. The van der Waals surface area contributed by atoms with Crippen LogP contribution >= 0.6 is 0 Å². The highest BCUT2D eigenvalue weighted by atomic mass is 16.4. The molecule has 22 heavy (non-hydrogen) atoms. The Labute approximate surface area is 126 Å². The van der Waals surface area contributed by atoms with Crippen LogP contribution in [0, 0.1) is 0 Å². The van der Waals surface area contributed by atoms with Gasteiger partial charge in [-0.2, -0.15) is 0 Å². The van der Waals surface area contributed by atoms with Gasteiger partial charge in [-0.15, -0.1) is 0 Å². The van der Waals surface area contributed by atoms with E-state index in [0.717, 1.165) is 17.4 Å². The Balaban J connectivity index is 2.84. The van der Waals surface area contributed by atoms with Crippen molar-refractivity contribution in [3.63, 3.8) is 0 Å². The van der Waals surface area contributed by atoms with Gasteiger partial charge in [-0.25, -0.2) is 9.78 Å². The van der Waals surface area contributed by atoms with Crippen LogP contribution in [0.15, 0.2) is 9.59 Å². The molecule has 0 aliphatic carbocycles. The third kappa shape index (κ3) is 2.56. The number of imidazole rings is 1. The van der Waals surface area contributed by atoms with Gasteiger partial charge < -0.3 is 9.67 Å². The van der Waals surface area contributed by atoms with Crippen LogP contribution < -0.4 is 11.2 Å². The maximum absolute atomic E-state index is 12.4. The minimum Gasteiger partial charge on any atom is -0.481 e. The highest BCUT2D eigenvalue weighted by Crippen LogP contribution is 2.13. The predicted octanol–water partition coefficient (Wildman–Crippen LogP) is 0.344. The van der Waals surface area contributed by atoms with Gasteiger partial charge in [0, 0.05) is 20.1 Å². The number of aryl methyl sites for hydroxylation is 2. The lowest BCUT2D eigenvalue weighted by Crippen LogP contribution is -2.38. The summed E-state index contributed by atoms with van der Waals surface area (Å²) >= 11 is 0. The van der Waals surface area contributed by atoms with E-state index in [4.69, 9.17) is 5.11 Å². The molecule has 2 aromatic heterocycles. The number of carbonyl (C=O) groups is 1. The molecule has 0 aliphatic rings. The Bertz CT molecular complexity index is 828. The molecule has 0 saturated heterocycles. The molecule has 0 spiro atoms. The van der Waals surface area contributed by atoms with Gasteiger partial charge in [0.05, 0.1) is 0 Å². The van der Waals surface area contributed by atoms with E-state index in [0.29, 0.717) is 13.1 Å². The van der Waals surface area contributed by atoms with Gasteiger partial charge in [0.2, 0.25) is 0 Å². The standard InChI is InChI=1S/C14H20N4O4/c1-4-6-7-18-12-11(13(21)16(3)14(18)22)17(5-2)9(15-12)8-10(19)20/h4-8H2,1-3H3,(H,19,20). The molecular formula is C14H20N4O4. The van der Waals surface area contributed by atoms with Crippen LogP contribution in [0.2, 0.25) is 0 Å². The minimum atomic E-state index is -1.02. The van der Waals surface area contributed by atoms with Crippen LogP contribution in [0.4, 0.5) is 0 Å². The van der Waals surface area contributed by atoms with Crippen LogP contribution in [0.25, 0.3) is 11.2 Å². The Morgan fingerprint density at radius 3 is 2.45 bits per heavy atom. The van der Waals surface area contributed by atoms with Crippen molar-refractivity contribution >= 4 is 17.1 Å². The largest absolute Gasteiger partial charge is 0.481 e. The second kappa shape index (κ2) is 6.17. The summed E-state index contributed by atoms with van der Waals surface area (Å²) in [6, 6.07) is 0. The molecule has 2 heterocycles. The minimum absolute atomic E-state index is 0.277. The molecule has 0 aromatic carbocycles. The van der Waals surface area contributed by atoms with E-state index in [-0.39, 0.29) is 23.4 Å². The molecule has 0 amide bonds. The zero-order chi connectivity index (χ0) is 16.4. The van der Waals surface area contributed by atoms with Gasteiger partial charge in [-0.05, 0) is 13.3 Å². The Morgan fingerprint density at radius 2 is 1.91 bits per heavy atom. The van der Waals surface area contributed by atoms with Crippen molar-refractivity contribution in [3.8, 4) is 0 Å². The molecule has 1 N–H and O–H groups in total. The van der Waals surface area contributed by atoms with Crippen LogP contribution in [-0.2, 0) is 31.4 Å². The van der Waals surface area contributed by atoms with Gasteiger partial charge in [-0.1, -0.05) is 13.3 Å². The number of carboxylic acids is 1. The first kappa shape index (κ1) is 16.0. The van der Waals surface area contributed by atoms with E-state index >= 15 is 0 Å². The summed E-state index contributed by atoms with van der Waals surface area (Å²) in [5, 5.41) is 9.00. The Morgan fingerprint density at radius 1 is 1.23 bits per heavy atom. The fourth-order valence-electron chi connectivity index (χ4n) is 2.53. The fraction of sp³-hybridized carbons (Fsp3) is 0.571. The predicted molar refractivity (Wildman–Crippen MR) is 81.2 cm³/mol. The van der Waals surface area contributed by atoms with Crippen LogP contribution in [0.1, 0.15) is 32.5 Å². The molecule has 2 aromatic rings. The number of carboxylic acid groups (broad SMARTS) is 1. The molecule has 2 rings (SSSR count).